The van der Waals surface area contributed by atoms with E-state index < -0.39 is 49.8 Å². The predicted molar refractivity (Wildman–Crippen MR) is 178 cm³/mol. The Kier molecular flexibility index (Phi) is 12.4. The summed E-state index contributed by atoms with van der Waals surface area (Å²) < 4.78 is 82.3. The Morgan fingerprint density at radius 3 is 2.49 bits per heavy atom. The van der Waals surface area contributed by atoms with Gasteiger partial charge >= 0.3 is 0 Å². The molecule has 3 aromatic rings. The normalized spacial score (nSPS) is 21.0. The molecule has 1 aliphatic heterocycles. The molecule has 0 unspecified atom stereocenters. The molecule has 47 heavy (non-hydrogen) atoms. The van der Waals surface area contributed by atoms with Gasteiger partial charge in [0.25, 0.3) is 15.9 Å². The summed E-state index contributed by atoms with van der Waals surface area (Å²) in [5.41, 5.74) is 0.280. The number of likely N-dealkylation sites (N-methyl/N-ethyl adjacent to an activating group) is 1. The van der Waals surface area contributed by atoms with Crippen molar-refractivity contribution in [2.75, 3.05) is 38.1 Å². The van der Waals surface area contributed by atoms with Gasteiger partial charge in [-0.15, -0.1) is 11.3 Å². The van der Waals surface area contributed by atoms with E-state index in [1.165, 1.54) is 42.3 Å². The Hall–Kier alpha value is -3.08. The molecule has 4 rings (SSSR count). The first-order chi connectivity index (χ1) is 22.2. The first kappa shape index (κ1) is 36.8. The lowest BCUT2D eigenvalue weighted by Crippen LogP contribution is -2.48. The number of halogens is 1. The van der Waals surface area contributed by atoms with Gasteiger partial charge in [0, 0.05) is 38.3 Å². The number of carbonyl (C=O) groups excluding carboxylic acids is 1. The maximum absolute atomic E-state index is 14.3. The lowest BCUT2D eigenvalue weighted by Gasteiger charge is -2.35. The highest BCUT2D eigenvalue weighted by Crippen LogP contribution is 2.30. The first-order valence-corrected chi connectivity index (χ1v) is 19.2. The van der Waals surface area contributed by atoms with Crippen LogP contribution >= 0.6 is 11.3 Å². The lowest BCUT2D eigenvalue weighted by molar-refractivity contribution is -0.00833. The fourth-order valence-corrected chi connectivity index (χ4v) is 8.43. The summed E-state index contributed by atoms with van der Waals surface area (Å²) >= 11 is 1.06. The van der Waals surface area contributed by atoms with Crippen LogP contribution in [0.2, 0.25) is 0 Å². The number of hydrogen-bond donors (Lipinski definition) is 2. The minimum absolute atomic E-state index is 0.0405. The van der Waals surface area contributed by atoms with Crippen molar-refractivity contribution in [2.45, 2.75) is 67.4 Å². The third-order valence-corrected chi connectivity index (χ3v) is 12.6. The van der Waals surface area contributed by atoms with Crippen molar-refractivity contribution >= 4 is 43.0 Å². The molecule has 15 heteroatoms. The van der Waals surface area contributed by atoms with Crippen LogP contribution in [-0.2, 0) is 24.8 Å². The predicted octanol–water partition coefficient (Wildman–Crippen LogP) is 4.80. The molecule has 1 amide bonds. The number of fused-ring (bicyclic) bond motifs is 1. The van der Waals surface area contributed by atoms with Crippen molar-refractivity contribution in [2.24, 2.45) is 5.92 Å². The van der Waals surface area contributed by atoms with Crippen LogP contribution in [0.3, 0.4) is 0 Å². The van der Waals surface area contributed by atoms with Gasteiger partial charge < -0.3 is 19.5 Å². The van der Waals surface area contributed by atoms with Crippen LogP contribution in [0.5, 0.6) is 5.75 Å². The Bertz CT molecular complexity index is 1700. The van der Waals surface area contributed by atoms with Crippen LogP contribution < -0.4 is 9.46 Å². The third-order valence-electron chi connectivity index (χ3n) is 8.02. The molecule has 2 aromatic carbocycles. The molecule has 0 saturated heterocycles. The number of nitrogens with one attached hydrogen (secondary N) is 1. The van der Waals surface area contributed by atoms with E-state index in [0.29, 0.717) is 19.4 Å². The van der Waals surface area contributed by atoms with Crippen molar-refractivity contribution in [1.82, 2.24) is 9.21 Å². The Balaban J connectivity index is 1.67. The monoisotopic (exact) mass is 711 g/mol. The van der Waals surface area contributed by atoms with Crippen LogP contribution in [0, 0.1) is 11.7 Å². The smallest absolute Gasteiger partial charge is 0.271 e. The SMILES string of the molecule is C[C@@H]1CCCCO[C@H](CN(C)S(=O)(=O)c2ccc(F)cc2)[C@@H](C)CN([C@H](C)CO)C(=O)c2cc(NS(=O)(=O)c3cccs3)ccc2O1. The quantitative estimate of drug-likeness (QED) is 0.322. The second-order valence-electron chi connectivity index (χ2n) is 11.8. The number of carbonyl (C=O) groups is 1. The van der Waals surface area contributed by atoms with E-state index in [-0.39, 0.29) is 51.9 Å². The van der Waals surface area contributed by atoms with Crippen molar-refractivity contribution in [3.63, 3.8) is 0 Å². The second-order valence-corrected chi connectivity index (χ2v) is 16.7. The number of amides is 1. The molecule has 258 valence electrons. The molecule has 0 radical (unpaired) electrons. The summed E-state index contributed by atoms with van der Waals surface area (Å²) in [5.74, 6) is -1.18. The highest BCUT2D eigenvalue weighted by atomic mass is 32.2. The maximum Gasteiger partial charge on any atom is 0.271 e. The van der Waals surface area contributed by atoms with Gasteiger partial charge in [-0.25, -0.2) is 21.2 Å². The average molecular weight is 712 g/mol. The molecule has 1 aromatic heterocycles. The van der Waals surface area contributed by atoms with Gasteiger partial charge in [-0.05, 0) is 87.0 Å². The molecule has 2 N–H and O–H groups in total. The fourth-order valence-electron chi connectivity index (χ4n) is 5.21. The van der Waals surface area contributed by atoms with E-state index in [1.54, 1.807) is 24.4 Å². The number of ether oxygens (including phenoxy) is 2. The van der Waals surface area contributed by atoms with Crippen molar-refractivity contribution < 1.29 is 40.6 Å². The Labute approximate surface area is 280 Å². The molecular formula is C32H42FN3O8S3. The number of hydrogen-bond acceptors (Lipinski definition) is 9. The topological polar surface area (TPSA) is 143 Å². The van der Waals surface area contributed by atoms with Gasteiger partial charge in [0.15, 0.2) is 0 Å². The van der Waals surface area contributed by atoms with Gasteiger partial charge in [0.2, 0.25) is 10.0 Å². The van der Waals surface area contributed by atoms with Crippen LogP contribution in [0.4, 0.5) is 10.1 Å². The molecular weight excluding hydrogens is 670 g/mol. The van der Waals surface area contributed by atoms with Crippen LogP contribution in [0.1, 0.15) is 50.4 Å². The molecule has 0 spiro atoms. The highest BCUT2D eigenvalue weighted by molar-refractivity contribution is 7.94. The van der Waals surface area contributed by atoms with Gasteiger partial charge in [-0.3, -0.25) is 9.52 Å². The van der Waals surface area contributed by atoms with Gasteiger partial charge in [0.05, 0.1) is 35.3 Å². The minimum Gasteiger partial charge on any atom is -0.490 e. The van der Waals surface area contributed by atoms with E-state index in [4.69, 9.17) is 9.47 Å². The summed E-state index contributed by atoms with van der Waals surface area (Å²) in [5, 5.41) is 11.8. The highest BCUT2D eigenvalue weighted by Gasteiger charge is 2.32. The summed E-state index contributed by atoms with van der Waals surface area (Å²) in [4.78, 5) is 15.7. The number of aliphatic hydroxyl groups is 1. The van der Waals surface area contributed by atoms with Crippen molar-refractivity contribution in [3.8, 4) is 5.75 Å². The van der Waals surface area contributed by atoms with Crippen LogP contribution in [-0.4, -0.2) is 88.7 Å². The number of rotatable bonds is 9. The number of thiophene rings is 1. The van der Waals surface area contributed by atoms with Gasteiger partial charge in [-0.2, -0.15) is 4.31 Å². The number of benzene rings is 2. The minimum atomic E-state index is -3.97. The molecule has 11 nitrogen and oxygen atoms in total. The lowest BCUT2D eigenvalue weighted by atomic mass is 10.0. The zero-order chi connectivity index (χ0) is 34.4. The summed E-state index contributed by atoms with van der Waals surface area (Å²) in [6, 6.07) is 11.6. The Morgan fingerprint density at radius 2 is 1.83 bits per heavy atom. The van der Waals surface area contributed by atoms with E-state index in [9.17, 15) is 31.1 Å². The summed E-state index contributed by atoms with van der Waals surface area (Å²) in [6.45, 7) is 5.42. The van der Waals surface area contributed by atoms with Gasteiger partial charge in [0.1, 0.15) is 15.8 Å². The molecule has 4 atom stereocenters. The third kappa shape index (κ3) is 9.30. The number of anilines is 1. The largest absolute Gasteiger partial charge is 0.490 e. The van der Waals surface area contributed by atoms with E-state index in [2.05, 4.69) is 4.72 Å². The van der Waals surface area contributed by atoms with Crippen molar-refractivity contribution in [3.05, 3.63) is 71.4 Å². The standard InChI is InChI=1S/C32H42FN3O8S3/c1-22-19-36(23(2)21-37)32(38)28-18-26(34-46(39,40)31-9-7-17-45-31)12-15-29(28)44-24(3)8-5-6-16-43-30(22)20-35(4)47(41,42)27-13-10-25(33)11-14-27/h7,9-15,17-18,22-24,30,34,37H,5-6,8,16,19-21H2,1-4H3/t22-,23+,24+,30+/m0/s1. The molecule has 0 aliphatic carbocycles. The Morgan fingerprint density at radius 1 is 1.11 bits per heavy atom. The number of aliphatic hydroxyl groups excluding tert-OH is 1. The fraction of sp³-hybridized carbons (Fsp3) is 0.469. The van der Waals surface area contributed by atoms with Crippen LogP contribution in [0.15, 0.2) is 69.1 Å². The molecule has 1 aliphatic rings. The molecule has 0 bridgehead atoms. The molecule has 2 heterocycles. The molecule has 0 saturated carbocycles. The van der Waals surface area contributed by atoms with E-state index in [1.807, 2.05) is 13.8 Å². The van der Waals surface area contributed by atoms with Crippen molar-refractivity contribution in [1.29, 1.82) is 0 Å². The second kappa shape index (κ2) is 15.9. The summed E-state index contributed by atoms with van der Waals surface area (Å²) in [7, 11) is -6.45. The van der Waals surface area contributed by atoms with E-state index in [0.717, 1.165) is 34.2 Å². The number of sulfonamides is 2. The van der Waals surface area contributed by atoms with E-state index >= 15 is 0 Å². The van der Waals surface area contributed by atoms with Crippen LogP contribution in [0.25, 0.3) is 0 Å². The average Bonchev–Trinajstić information content (AvgIpc) is 3.59. The first-order valence-electron chi connectivity index (χ1n) is 15.3. The summed E-state index contributed by atoms with van der Waals surface area (Å²) in [6.07, 6.45) is 1.12. The maximum atomic E-state index is 14.3. The zero-order valence-corrected chi connectivity index (χ0v) is 29.3. The number of nitrogens with zero attached hydrogens (tertiary/aromatic N) is 2. The van der Waals surface area contributed by atoms with Gasteiger partial charge in [-0.1, -0.05) is 13.0 Å². The zero-order valence-electron chi connectivity index (χ0n) is 26.8. The molecule has 0 fully saturated rings.